The number of amides is 3. The Bertz CT molecular complexity index is 1310. The minimum atomic E-state index is -1.10. The molecule has 1 atom stereocenters. The summed E-state index contributed by atoms with van der Waals surface area (Å²) in [7, 11) is 0. The maximum Gasteiger partial charge on any atom is 0.407 e. The number of pyridine rings is 1. The van der Waals surface area contributed by atoms with E-state index in [1.807, 2.05) is 0 Å². The van der Waals surface area contributed by atoms with Gasteiger partial charge in [-0.25, -0.2) is 23.8 Å². The van der Waals surface area contributed by atoms with E-state index in [-0.39, 0.29) is 28.6 Å². The average Bonchev–Trinajstić information content (AvgIpc) is 3.18. The molecule has 3 amide bonds. The SMILES string of the molecule is Cc1cc(NC(=O)c2ccc(-c3nc(C4CCCCN4C(=O)O)n(N)c3C(N)=O)cc2)ncc1F. The van der Waals surface area contributed by atoms with Crippen LogP contribution in [0.3, 0.4) is 0 Å². The zero-order chi connectivity index (χ0) is 25.3. The molecule has 0 spiro atoms. The van der Waals surface area contributed by atoms with Crippen molar-refractivity contribution in [1.29, 1.82) is 0 Å². The Morgan fingerprint density at radius 3 is 2.54 bits per heavy atom. The highest BCUT2D eigenvalue weighted by Gasteiger charge is 2.34. The molecule has 1 saturated heterocycles. The first-order chi connectivity index (χ1) is 16.7. The lowest BCUT2D eigenvalue weighted by atomic mass is 10.0. The second-order valence-electron chi connectivity index (χ2n) is 8.24. The molecular formula is C23H24FN7O4. The number of carboxylic acid groups (broad SMARTS) is 1. The quantitative estimate of drug-likeness (QED) is 0.406. The van der Waals surface area contributed by atoms with Gasteiger partial charge in [-0.05, 0) is 49.9 Å². The molecule has 1 unspecified atom stereocenters. The van der Waals surface area contributed by atoms with E-state index in [0.717, 1.165) is 23.7 Å². The number of hydrogen-bond acceptors (Lipinski definition) is 6. The molecule has 35 heavy (non-hydrogen) atoms. The second-order valence-corrected chi connectivity index (χ2v) is 8.24. The third-order valence-corrected chi connectivity index (χ3v) is 5.93. The van der Waals surface area contributed by atoms with Gasteiger partial charge >= 0.3 is 6.09 Å². The number of primary amides is 1. The van der Waals surface area contributed by atoms with Crippen LogP contribution < -0.4 is 16.9 Å². The van der Waals surface area contributed by atoms with Gasteiger partial charge in [0.05, 0.1) is 12.2 Å². The number of carbonyl (C=O) groups is 3. The van der Waals surface area contributed by atoms with E-state index in [1.165, 1.54) is 23.1 Å². The van der Waals surface area contributed by atoms with Gasteiger partial charge in [-0.3, -0.25) is 14.5 Å². The summed E-state index contributed by atoms with van der Waals surface area (Å²) in [5.74, 6) is 4.82. The number of nitrogens with one attached hydrogen (secondary N) is 1. The Kier molecular flexibility index (Phi) is 6.36. The molecule has 3 aromatic rings. The van der Waals surface area contributed by atoms with Crippen molar-refractivity contribution in [2.24, 2.45) is 5.73 Å². The van der Waals surface area contributed by atoms with Crippen LogP contribution in [0, 0.1) is 12.7 Å². The lowest BCUT2D eigenvalue weighted by Crippen LogP contribution is -2.39. The van der Waals surface area contributed by atoms with E-state index in [9.17, 15) is 23.9 Å². The van der Waals surface area contributed by atoms with Crippen molar-refractivity contribution in [2.75, 3.05) is 17.7 Å². The first-order valence-electron chi connectivity index (χ1n) is 10.9. The van der Waals surface area contributed by atoms with Gasteiger partial charge in [-0.15, -0.1) is 0 Å². The molecule has 1 aliphatic heterocycles. The summed E-state index contributed by atoms with van der Waals surface area (Å²) < 4.78 is 14.5. The lowest BCUT2D eigenvalue weighted by molar-refractivity contribution is 0.0986. The van der Waals surface area contributed by atoms with Crippen molar-refractivity contribution < 1.29 is 23.9 Å². The molecule has 1 aromatic carbocycles. The van der Waals surface area contributed by atoms with Crippen LogP contribution in [0.5, 0.6) is 0 Å². The number of rotatable bonds is 5. The van der Waals surface area contributed by atoms with Crippen LogP contribution in [-0.2, 0) is 0 Å². The number of imidazole rings is 1. The zero-order valence-corrected chi connectivity index (χ0v) is 18.9. The summed E-state index contributed by atoms with van der Waals surface area (Å²) in [4.78, 5) is 46.1. The number of halogens is 1. The average molecular weight is 481 g/mol. The molecule has 0 saturated carbocycles. The molecule has 0 radical (unpaired) electrons. The van der Waals surface area contributed by atoms with Crippen LogP contribution in [0.25, 0.3) is 11.3 Å². The highest BCUT2D eigenvalue weighted by Crippen LogP contribution is 2.33. The second kappa shape index (κ2) is 9.41. The summed E-state index contributed by atoms with van der Waals surface area (Å²) in [5.41, 5.74) is 6.79. The van der Waals surface area contributed by atoms with Crippen LogP contribution in [0.1, 0.15) is 57.5 Å². The van der Waals surface area contributed by atoms with Gasteiger partial charge in [-0.2, -0.15) is 0 Å². The lowest BCUT2D eigenvalue weighted by Gasteiger charge is -2.32. The van der Waals surface area contributed by atoms with E-state index < -0.39 is 29.8 Å². The monoisotopic (exact) mass is 481 g/mol. The van der Waals surface area contributed by atoms with Crippen molar-refractivity contribution in [1.82, 2.24) is 19.5 Å². The first kappa shape index (κ1) is 23.7. The van der Waals surface area contributed by atoms with Crippen LogP contribution in [-0.4, -0.2) is 49.1 Å². The molecule has 6 N–H and O–H groups in total. The third kappa shape index (κ3) is 4.63. The van der Waals surface area contributed by atoms with Crippen LogP contribution in [0.2, 0.25) is 0 Å². The van der Waals surface area contributed by atoms with Gasteiger partial charge in [0.15, 0.2) is 11.5 Å². The van der Waals surface area contributed by atoms with Crippen LogP contribution in [0.15, 0.2) is 36.5 Å². The number of hydrogen-bond donors (Lipinski definition) is 4. The number of carbonyl (C=O) groups excluding carboxylic acids is 2. The number of nitrogen functional groups attached to an aromatic ring is 1. The summed E-state index contributed by atoms with van der Waals surface area (Å²) in [6.07, 6.45) is 1.95. The predicted octanol–water partition coefficient (Wildman–Crippen LogP) is 2.66. The summed E-state index contributed by atoms with van der Waals surface area (Å²) in [6, 6.07) is 6.99. The van der Waals surface area contributed by atoms with Gasteiger partial charge in [-0.1, -0.05) is 12.1 Å². The van der Waals surface area contributed by atoms with Crippen molar-refractivity contribution in [3.63, 3.8) is 0 Å². The normalized spacial score (nSPS) is 15.6. The number of benzene rings is 1. The molecule has 1 aliphatic rings. The molecule has 2 aromatic heterocycles. The van der Waals surface area contributed by atoms with Crippen LogP contribution >= 0.6 is 0 Å². The van der Waals surface area contributed by atoms with E-state index >= 15 is 0 Å². The Morgan fingerprint density at radius 2 is 1.91 bits per heavy atom. The smallest absolute Gasteiger partial charge is 0.407 e. The van der Waals surface area contributed by atoms with Crippen molar-refractivity contribution in [2.45, 2.75) is 32.2 Å². The third-order valence-electron chi connectivity index (χ3n) is 5.93. The number of aryl methyl sites for hydroxylation is 1. The molecule has 3 heterocycles. The maximum atomic E-state index is 13.4. The number of anilines is 1. The summed E-state index contributed by atoms with van der Waals surface area (Å²) >= 11 is 0. The first-order valence-corrected chi connectivity index (χ1v) is 10.9. The molecule has 11 nitrogen and oxygen atoms in total. The van der Waals surface area contributed by atoms with E-state index in [0.29, 0.717) is 24.1 Å². The maximum absolute atomic E-state index is 13.4. The Morgan fingerprint density at radius 1 is 1.20 bits per heavy atom. The molecule has 1 fully saturated rings. The highest BCUT2D eigenvalue weighted by molar-refractivity contribution is 6.04. The van der Waals surface area contributed by atoms with Crippen molar-refractivity contribution in [3.8, 4) is 11.3 Å². The molecular weight excluding hydrogens is 457 g/mol. The molecule has 12 heteroatoms. The summed E-state index contributed by atoms with van der Waals surface area (Å²) in [6.45, 7) is 1.89. The fourth-order valence-electron chi connectivity index (χ4n) is 4.13. The minimum Gasteiger partial charge on any atom is -0.465 e. The van der Waals surface area contributed by atoms with Gasteiger partial charge < -0.3 is 22.0 Å². The molecule has 0 bridgehead atoms. The number of nitrogens with zero attached hydrogens (tertiary/aromatic N) is 4. The number of likely N-dealkylation sites (tertiary alicyclic amines) is 1. The summed E-state index contributed by atoms with van der Waals surface area (Å²) in [5, 5.41) is 12.2. The predicted molar refractivity (Wildman–Crippen MR) is 125 cm³/mol. The van der Waals surface area contributed by atoms with Gasteiger partial charge in [0.2, 0.25) is 0 Å². The van der Waals surface area contributed by atoms with Crippen LogP contribution in [0.4, 0.5) is 15.0 Å². The Labute approximate surface area is 199 Å². The van der Waals surface area contributed by atoms with Gasteiger partial charge in [0.25, 0.3) is 11.8 Å². The van der Waals surface area contributed by atoms with E-state index in [1.54, 1.807) is 19.1 Å². The molecule has 4 rings (SSSR count). The van der Waals surface area contributed by atoms with Crippen molar-refractivity contribution >= 4 is 23.7 Å². The number of piperidine rings is 1. The van der Waals surface area contributed by atoms with E-state index in [4.69, 9.17) is 11.6 Å². The Hall–Kier alpha value is -4.48. The standard InChI is InChI=1S/C23H24FN7O4/c1-12-10-17(27-11-15(12)24)28-22(33)14-7-5-13(6-8-14)18-19(20(25)32)31(26)21(29-18)16-4-2-3-9-30(16)23(34)35/h5-8,10-11,16H,2-4,9,26H2,1H3,(H2,25,32)(H,34,35)(H,27,28,33). The Balaban J connectivity index is 1.64. The number of nitrogens with two attached hydrogens (primary N) is 2. The largest absolute Gasteiger partial charge is 0.465 e. The highest BCUT2D eigenvalue weighted by atomic mass is 19.1. The van der Waals surface area contributed by atoms with E-state index in [2.05, 4.69) is 15.3 Å². The zero-order valence-electron chi connectivity index (χ0n) is 18.9. The molecule has 182 valence electrons. The topological polar surface area (TPSA) is 169 Å². The van der Waals surface area contributed by atoms with Crippen molar-refractivity contribution in [3.05, 3.63) is 65.0 Å². The minimum absolute atomic E-state index is 0.0703. The molecule has 0 aliphatic carbocycles. The van der Waals surface area contributed by atoms with Gasteiger partial charge in [0.1, 0.15) is 17.3 Å². The fourth-order valence-corrected chi connectivity index (χ4v) is 4.13. The van der Waals surface area contributed by atoms with Gasteiger partial charge in [0, 0.05) is 17.7 Å². The fraction of sp³-hybridized carbons (Fsp3) is 0.261. The number of aromatic nitrogens is 3.